The molecule has 3 nitrogen and oxygen atoms in total. The van der Waals surface area contributed by atoms with E-state index in [4.69, 9.17) is 10.7 Å². The van der Waals surface area contributed by atoms with Gasteiger partial charge in [-0.05, 0) is 31.1 Å². The SMILES string of the molecule is FC(F)(F)C[O][Al]([O][Si](c1ccccc1)(c1ccccc1)c1ccccc1)[O][Si](c1ccccc1)(c1ccccc1)c1ccccc1. The van der Waals surface area contributed by atoms with E-state index in [9.17, 15) is 13.2 Å². The summed E-state index contributed by atoms with van der Waals surface area (Å²) in [6, 6.07) is 58.5. The van der Waals surface area contributed by atoms with Crippen molar-refractivity contribution >= 4 is 62.9 Å². The van der Waals surface area contributed by atoms with Crippen LogP contribution in [0.2, 0.25) is 0 Å². The van der Waals surface area contributed by atoms with Crippen LogP contribution in [0.4, 0.5) is 13.2 Å². The maximum atomic E-state index is 14.0. The lowest BCUT2D eigenvalue weighted by Crippen LogP contribution is -2.75. The lowest BCUT2D eigenvalue weighted by atomic mass is 10.3. The van der Waals surface area contributed by atoms with Crippen molar-refractivity contribution in [1.29, 1.82) is 0 Å². The molecule has 0 heterocycles. The molecule has 0 unspecified atom stereocenters. The molecular weight excluding hydrogens is 645 g/mol. The topological polar surface area (TPSA) is 27.7 Å². The smallest absolute Gasteiger partial charge is 0.489 e. The predicted octanol–water partition coefficient (Wildman–Crippen LogP) is 4.92. The lowest BCUT2D eigenvalue weighted by molar-refractivity contribution is -0.158. The van der Waals surface area contributed by atoms with Crippen LogP contribution in [0.1, 0.15) is 0 Å². The number of hydrogen-bond donors (Lipinski definition) is 0. The van der Waals surface area contributed by atoms with E-state index < -0.39 is 44.6 Å². The highest BCUT2D eigenvalue weighted by Crippen LogP contribution is 2.21. The third-order valence-corrected chi connectivity index (χ3v) is 19.7. The van der Waals surface area contributed by atoms with Crippen molar-refractivity contribution in [2.75, 3.05) is 6.61 Å². The van der Waals surface area contributed by atoms with Gasteiger partial charge in [0.2, 0.25) is 0 Å². The van der Waals surface area contributed by atoms with E-state index in [1.807, 2.05) is 182 Å². The molecule has 0 aliphatic rings. The van der Waals surface area contributed by atoms with Crippen molar-refractivity contribution in [3.63, 3.8) is 0 Å². The molecule has 0 N–H and O–H groups in total. The Morgan fingerprint density at radius 3 is 0.787 bits per heavy atom. The zero-order valence-corrected chi connectivity index (χ0v) is 28.6. The first kappa shape index (κ1) is 32.9. The first-order chi connectivity index (χ1) is 22.9. The Kier molecular flexibility index (Phi) is 10.4. The highest BCUT2D eigenvalue weighted by Gasteiger charge is 2.55. The molecule has 0 fully saturated rings. The Hall–Kier alpha value is -4.04. The van der Waals surface area contributed by atoms with Gasteiger partial charge in [0, 0.05) is 0 Å². The van der Waals surface area contributed by atoms with Crippen LogP contribution in [0, 0.1) is 0 Å². The molecule has 6 rings (SSSR count). The fourth-order valence-electron chi connectivity index (χ4n) is 5.99. The number of hydrogen-bond acceptors (Lipinski definition) is 3. The summed E-state index contributed by atoms with van der Waals surface area (Å²) in [5.41, 5.74) is 0. The minimum Gasteiger partial charge on any atom is -0.489 e. The molecule has 9 heteroatoms. The third kappa shape index (κ3) is 7.27. The summed E-state index contributed by atoms with van der Waals surface area (Å²) < 4.78 is 62.5. The van der Waals surface area contributed by atoms with E-state index >= 15 is 0 Å². The van der Waals surface area contributed by atoms with Crippen LogP contribution in [0.3, 0.4) is 0 Å². The maximum absolute atomic E-state index is 14.0. The van der Waals surface area contributed by atoms with Gasteiger partial charge in [-0.15, -0.1) is 0 Å². The van der Waals surface area contributed by atoms with Crippen LogP contribution in [0.5, 0.6) is 0 Å². The van der Waals surface area contributed by atoms with Crippen LogP contribution >= 0.6 is 0 Å². The zero-order chi connectivity index (χ0) is 32.6. The molecule has 0 aliphatic carbocycles. The monoisotopic (exact) mass is 676 g/mol. The molecule has 47 heavy (non-hydrogen) atoms. The average Bonchev–Trinajstić information content (AvgIpc) is 3.13. The van der Waals surface area contributed by atoms with E-state index in [2.05, 4.69) is 0 Å². The standard InChI is InChI=1S/2C18H15OSi.C2H2F3O.Al/c2*19-20(16-10-4-1-5-11-16,17-12-6-2-7-13-17)18-14-8-3-9-15-18;3-2(4,5)1-6;/h2*1-15H;1H2;/q3*-1;+3. The van der Waals surface area contributed by atoms with E-state index in [1.54, 1.807) is 0 Å². The number of alkyl halides is 3. The lowest BCUT2D eigenvalue weighted by Gasteiger charge is -2.40. The predicted molar refractivity (Wildman–Crippen MR) is 188 cm³/mol. The molecule has 0 amide bonds. The minimum atomic E-state index is -4.59. The van der Waals surface area contributed by atoms with E-state index in [-0.39, 0.29) is 0 Å². The molecule has 0 aromatic heterocycles. The van der Waals surface area contributed by atoms with Crippen molar-refractivity contribution in [2.45, 2.75) is 6.18 Å². The van der Waals surface area contributed by atoms with Crippen LogP contribution in [0.15, 0.2) is 182 Å². The minimum absolute atomic E-state index is 0.875. The van der Waals surface area contributed by atoms with Crippen LogP contribution in [-0.4, -0.2) is 44.6 Å². The van der Waals surface area contributed by atoms with Crippen molar-refractivity contribution in [2.24, 2.45) is 0 Å². The van der Waals surface area contributed by atoms with Crippen LogP contribution in [0.25, 0.3) is 0 Å². The first-order valence-corrected chi connectivity index (χ1v) is 20.5. The number of halogens is 3. The second-order valence-electron chi connectivity index (χ2n) is 11.0. The molecule has 6 aromatic carbocycles. The Labute approximate surface area is 280 Å². The van der Waals surface area contributed by atoms with Gasteiger partial charge >= 0.3 is 21.3 Å². The first-order valence-electron chi connectivity index (χ1n) is 15.3. The van der Waals surface area contributed by atoms with Gasteiger partial charge in [0.05, 0.1) is 0 Å². The summed E-state index contributed by atoms with van der Waals surface area (Å²) >= 11 is -3.70. The van der Waals surface area contributed by atoms with Crippen molar-refractivity contribution in [1.82, 2.24) is 0 Å². The zero-order valence-electron chi connectivity index (χ0n) is 25.5. The summed E-state index contributed by atoms with van der Waals surface area (Å²) in [6.45, 7) is -1.49. The van der Waals surface area contributed by atoms with Gasteiger partial charge in [-0.25, -0.2) is 0 Å². The second kappa shape index (κ2) is 14.8. The molecular formula is C38H32AlF3O3Si2. The van der Waals surface area contributed by atoms with Crippen LogP contribution in [-0.2, 0) is 10.7 Å². The normalized spacial score (nSPS) is 12.1. The molecule has 234 valence electrons. The fraction of sp³-hybridized carbons (Fsp3) is 0.0526. The Bertz CT molecular complexity index is 1500. The molecule has 0 radical (unpaired) electrons. The highest BCUT2D eigenvalue weighted by molar-refractivity contribution is 7.11. The summed E-state index contributed by atoms with van der Waals surface area (Å²) in [5.74, 6) is 0. The maximum Gasteiger partial charge on any atom is 0.884 e. The van der Waals surface area contributed by atoms with Crippen molar-refractivity contribution < 1.29 is 23.9 Å². The third-order valence-electron chi connectivity index (χ3n) is 8.01. The molecule has 0 saturated carbocycles. The summed E-state index contributed by atoms with van der Waals surface area (Å²) in [4.78, 5) is 0. The molecule has 6 aromatic rings. The van der Waals surface area contributed by atoms with Gasteiger partial charge in [-0.3, -0.25) is 0 Å². The summed E-state index contributed by atoms with van der Waals surface area (Å²) in [7, 11) is -7.04. The van der Waals surface area contributed by atoms with E-state index in [1.165, 1.54) is 0 Å². The van der Waals surface area contributed by atoms with Gasteiger partial charge in [0.25, 0.3) is 16.6 Å². The largest absolute Gasteiger partial charge is 0.884 e. The Balaban J connectivity index is 1.61. The van der Waals surface area contributed by atoms with Gasteiger partial charge < -0.3 is 10.7 Å². The second-order valence-corrected chi connectivity index (χ2v) is 20.0. The molecule has 0 atom stereocenters. The fourth-order valence-corrected chi connectivity index (χ4v) is 19.0. The average molecular weight is 677 g/mol. The van der Waals surface area contributed by atoms with Crippen molar-refractivity contribution in [3.05, 3.63) is 182 Å². The molecule has 0 saturated heterocycles. The van der Waals surface area contributed by atoms with Gasteiger partial charge in [0.15, 0.2) is 0 Å². The summed E-state index contributed by atoms with van der Waals surface area (Å²) in [6.07, 6.45) is -4.59. The van der Waals surface area contributed by atoms with E-state index in [0.717, 1.165) is 31.1 Å². The van der Waals surface area contributed by atoms with E-state index in [0.29, 0.717) is 0 Å². The molecule has 0 aliphatic heterocycles. The van der Waals surface area contributed by atoms with Crippen LogP contribution < -0.4 is 31.1 Å². The Morgan fingerprint density at radius 1 is 0.383 bits per heavy atom. The highest BCUT2D eigenvalue weighted by atomic mass is 28.4. The van der Waals surface area contributed by atoms with Gasteiger partial charge in [-0.1, -0.05) is 182 Å². The number of rotatable bonds is 12. The Morgan fingerprint density at radius 2 is 0.596 bits per heavy atom. The summed E-state index contributed by atoms with van der Waals surface area (Å²) in [5, 5.41) is 5.25. The quantitative estimate of drug-likeness (QED) is 0.136. The van der Waals surface area contributed by atoms with Gasteiger partial charge in [-0.2, -0.15) is 13.2 Å². The van der Waals surface area contributed by atoms with Crippen molar-refractivity contribution in [3.8, 4) is 0 Å². The number of benzene rings is 6. The molecule has 0 bridgehead atoms. The van der Waals surface area contributed by atoms with Gasteiger partial charge in [0.1, 0.15) is 6.61 Å². The molecule has 0 spiro atoms.